The van der Waals surface area contributed by atoms with Gasteiger partial charge in [-0.2, -0.15) is 13.2 Å². The van der Waals surface area contributed by atoms with Crippen molar-refractivity contribution in [3.05, 3.63) is 87.6 Å². The van der Waals surface area contributed by atoms with Crippen LogP contribution < -0.4 is 15.4 Å². The maximum absolute atomic E-state index is 12.6. The molecule has 0 fully saturated rings. The lowest BCUT2D eigenvalue weighted by Crippen LogP contribution is -2.35. The van der Waals surface area contributed by atoms with Crippen molar-refractivity contribution >= 4 is 23.2 Å². The van der Waals surface area contributed by atoms with Gasteiger partial charge >= 0.3 is 6.18 Å². The number of benzene rings is 2. The molecule has 0 aliphatic heterocycles. The van der Waals surface area contributed by atoms with Gasteiger partial charge in [0.25, 0.3) is 11.8 Å². The third kappa shape index (κ3) is 7.33. The smallest absolute Gasteiger partial charge is 0.416 e. The molecule has 33 heavy (non-hydrogen) atoms. The SMILES string of the molecule is O=C(NCC(O)COc1ccc(C(F)(F)F)cc1)c1ccc(CNC(=O)c2cccs2)cc1. The lowest BCUT2D eigenvalue weighted by molar-refractivity contribution is -0.137. The third-order valence-corrected chi connectivity index (χ3v) is 5.41. The molecule has 0 saturated carbocycles. The van der Waals surface area contributed by atoms with E-state index in [0.717, 1.165) is 17.7 Å². The molecule has 1 aromatic heterocycles. The van der Waals surface area contributed by atoms with Crippen molar-refractivity contribution in [3.63, 3.8) is 0 Å². The average Bonchev–Trinajstić information content (AvgIpc) is 3.35. The van der Waals surface area contributed by atoms with Gasteiger partial charge in [-0.1, -0.05) is 18.2 Å². The number of carbonyl (C=O) groups is 2. The van der Waals surface area contributed by atoms with E-state index >= 15 is 0 Å². The molecule has 0 aliphatic carbocycles. The first-order valence-electron chi connectivity index (χ1n) is 9.89. The number of alkyl halides is 3. The highest BCUT2D eigenvalue weighted by molar-refractivity contribution is 7.12. The monoisotopic (exact) mass is 478 g/mol. The van der Waals surface area contributed by atoms with E-state index in [0.29, 0.717) is 17.0 Å². The molecule has 6 nitrogen and oxygen atoms in total. The Morgan fingerprint density at radius 3 is 2.27 bits per heavy atom. The molecular weight excluding hydrogens is 457 g/mol. The lowest BCUT2D eigenvalue weighted by Gasteiger charge is -2.14. The molecule has 1 heterocycles. The van der Waals surface area contributed by atoms with Gasteiger partial charge in [0.15, 0.2) is 0 Å². The van der Waals surface area contributed by atoms with E-state index in [1.54, 1.807) is 36.4 Å². The standard InChI is InChI=1S/C23H21F3N2O4S/c24-23(25,26)17-7-9-19(10-8-17)32-14-18(29)13-28-21(30)16-5-3-15(4-6-16)12-27-22(31)20-2-1-11-33-20/h1-11,18,29H,12-14H2,(H,27,31)(H,28,30). The maximum atomic E-state index is 12.6. The largest absolute Gasteiger partial charge is 0.491 e. The average molecular weight is 478 g/mol. The fourth-order valence-electron chi connectivity index (χ4n) is 2.76. The number of hydrogen-bond acceptors (Lipinski definition) is 5. The van der Waals surface area contributed by atoms with Crippen LogP contribution in [-0.4, -0.2) is 36.2 Å². The first-order valence-corrected chi connectivity index (χ1v) is 10.8. The Morgan fingerprint density at radius 2 is 1.67 bits per heavy atom. The molecule has 2 aromatic carbocycles. The van der Waals surface area contributed by atoms with E-state index in [4.69, 9.17) is 4.74 Å². The minimum Gasteiger partial charge on any atom is -0.491 e. The van der Waals surface area contributed by atoms with Crippen LogP contribution in [-0.2, 0) is 12.7 Å². The number of carbonyl (C=O) groups excluding carboxylic acids is 2. The van der Waals surface area contributed by atoms with Gasteiger partial charge in [-0.05, 0) is 53.4 Å². The van der Waals surface area contributed by atoms with Crippen LogP contribution in [0, 0.1) is 0 Å². The predicted octanol–water partition coefficient (Wildman–Crippen LogP) is 3.87. The number of halogens is 3. The molecule has 174 valence electrons. The molecule has 3 N–H and O–H groups in total. The van der Waals surface area contributed by atoms with Gasteiger partial charge in [-0.15, -0.1) is 11.3 Å². The van der Waals surface area contributed by atoms with E-state index < -0.39 is 23.8 Å². The lowest BCUT2D eigenvalue weighted by atomic mass is 10.1. The number of aliphatic hydroxyl groups excluding tert-OH is 1. The third-order valence-electron chi connectivity index (χ3n) is 4.54. The summed E-state index contributed by atoms with van der Waals surface area (Å²) in [5, 5.41) is 17.2. The van der Waals surface area contributed by atoms with Crippen LogP contribution >= 0.6 is 11.3 Å². The van der Waals surface area contributed by atoms with Gasteiger partial charge in [0.05, 0.1) is 10.4 Å². The zero-order valence-electron chi connectivity index (χ0n) is 17.3. The van der Waals surface area contributed by atoms with Gasteiger partial charge < -0.3 is 20.5 Å². The first-order chi connectivity index (χ1) is 15.7. The molecule has 0 bridgehead atoms. The van der Waals surface area contributed by atoms with E-state index in [9.17, 15) is 27.9 Å². The van der Waals surface area contributed by atoms with Crippen molar-refractivity contribution in [2.24, 2.45) is 0 Å². The molecule has 0 aliphatic rings. The number of aliphatic hydroxyl groups is 1. The van der Waals surface area contributed by atoms with E-state index in [2.05, 4.69) is 10.6 Å². The Morgan fingerprint density at radius 1 is 0.970 bits per heavy atom. The van der Waals surface area contributed by atoms with Crippen LogP contribution in [0.4, 0.5) is 13.2 Å². The Labute approximate surface area is 192 Å². The summed E-state index contributed by atoms with van der Waals surface area (Å²) >= 11 is 1.35. The van der Waals surface area contributed by atoms with Crippen molar-refractivity contribution in [1.82, 2.24) is 10.6 Å². The molecule has 3 rings (SSSR count). The molecule has 1 unspecified atom stereocenters. The summed E-state index contributed by atoms with van der Waals surface area (Å²) < 4.78 is 42.9. The fourth-order valence-corrected chi connectivity index (χ4v) is 3.40. The Kier molecular flexibility index (Phi) is 8.07. The second-order valence-electron chi connectivity index (χ2n) is 7.05. The van der Waals surface area contributed by atoms with Gasteiger partial charge in [-0.3, -0.25) is 9.59 Å². The van der Waals surface area contributed by atoms with Crippen LogP contribution in [0.15, 0.2) is 66.0 Å². The van der Waals surface area contributed by atoms with Crippen LogP contribution in [0.2, 0.25) is 0 Å². The van der Waals surface area contributed by atoms with Crippen molar-refractivity contribution < 1.29 is 32.6 Å². The summed E-state index contributed by atoms with van der Waals surface area (Å²) in [6.07, 6.45) is -5.48. The first kappa shape index (κ1) is 24.3. The molecule has 0 spiro atoms. The van der Waals surface area contributed by atoms with Crippen LogP contribution in [0.25, 0.3) is 0 Å². The number of hydrogen-bond donors (Lipinski definition) is 3. The molecule has 1 atom stereocenters. The number of amides is 2. The summed E-state index contributed by atoms with van der Waals surface area (Å²) in [6.45, 7) is 0.0191. The highest BCUT2D eigenvalue weighted by Crippen LogP contribution is 2.30. The van der Waals surface area contributed by atoms with Crippen molar-refractivity contribution in [1.29, 1.82) is 0 Å². The van der Waals surface area contributed by atoms with Gasteiger partial charge in [0, 0.05) is 18.7 Å². The van der Waals surface area contributed by atoms with Crippen LogP contribution in [0.1, 0.15) is 31.2 Å². The number of ether oxygens (including phenoxy) is 1. The Hall–Kier alpha value is -3.37. The molecule has 3 aromatic rings. The normalized spacial score (nSPS) is 12.1. The van der Waals surface area contributed by atoms with Gasteiger partial charge in [-0.25, -0.2) is 0 Å². The van der Waals surface area contributed by atoms with Crippen LogP contribution in [0.5, 0.6) is 5.75 Å². The zero-order chi connectivity index (χ0) is 23.8. The zero-order valence-corrected chi connectivity index (χ0v) is 18.1. The topological polar surface area (TPSA) is 87.7 Å². The molecule has 0 saturated heterocycles. The Bertz CT molecular complexity index is 1050. The molecule has 2 amide bonds. The van der Waals surface area contributed by atoms with Crippen molar-refractivity contribution in [2.45, 2.75) is 18.8 Å². The number of thiophene rings is 1. The van der Waals surface area contributed by atoms with E-state index in [1.807, 2.05) is 5.38 Å². The predicted molar refractivity (Wildman–Crippen MR) is 117 cm³/mol. The van der Waals surface area contributed by atoms with Gasteiger partial charge in [0.2, 0.25) is 0 Å². The van der Waals surface area contributed by atoms with E-state index in [-0.39, 0.29) is 24.8 Å². The molecule has 10 heteroatoms. The van der Waals surface area contributed by atoms with Crippen molar-refractivity contribution in [3.8, 4) is 5.75 Å². The summed E-state index contributed by atoms with van der Waals surface area (Å²) in [5.41, 5.74) is 0.402. The van der Waals surface area contributed by atoms with Gasteiger partial charge in [0.1, 0.15) is 18.5 Å². The van der Waals surface area contributed by atoms with E-state index in [1.165, 1.54) is 23.5 Å². The quantitative estimate of drug-likeness (QED) is 0.436. The number of rotatable bonds is 9. The summed E-state index contributed by atoms with van der Waals surface area (Å²) in [5.74, 6) is -0.396. The minimum absolute atomic E-state index is 0.0991. The maximum Gasteiger partial charge on any atom is 0.416 e. The molecule has 0 radical (unpaired) electrons. The minimum atomic E-state index is -4.43. The number of nitrogens with one attached hydrogen (secondary N) is 2. The summed E-state index contributed by atoms with van der Waals surface area (Å²) in [6, 6.07) is 14.3. The summed E-state index contributed by atoms with van der Waals surface area (Å²) in [7, 11) is 0. The highest BCUT2D eigenvalue weighted by Gasteiger charge is 2.30. The summed E-state index contributed by atoms with van der Waals surface area (Å²) in [4.78, 5) is 24.8. The fraction of sp³-hybridized carbons (Fsp3) is 0.217. The highest BCUT2D eigenvalue weighted by atomic mass is 32.1. The molecular formula is C23H21F3N2O4S. The second-order valence-corrected chi connectivity index (χ2v) is 8.00. The van der Waals surface area contributed by atoms with Crippen LogP contribution in [0.3, 0.4) is 0 Å². The Balaban J connectivity index is 1.40. The van der Waals surface area contributed by atoms with Crippen molar-refractivity contribution in [2.75, 3.05) is 13.2 Å². The second kappa shape index (κ2) is 11.0.